The van der Waals surface area contributed by atoms with Crippen LogP contribution in [0.1, 0.15) is 28.5 Å². The predicted molar refractivity (Wildman–Crippen MR) is 91.6 cm³/mol. The Morgan fingerprint density at radius 1 is 1.28 bits per heavy atom. The first-order valence-corrected chi connectivity index (χ1v) is 7.94. The number of hydrogen-bond acceptors (Lipinski definition) is 6. The van der Waals surface area contributed by atoms with Crippen LogP contribution in [0.15, 0.2) is 28.8 Å². The summed E-state index contributed by atoms with van der Waals surface area (Å²) in [5.41, 5.74) is 5.84. The molecule has 7 nitrogen and oxygen atoms in total. The predicted octanol–water partition coefficient (Wildman–Crippen LogP) is 1.44. The van der Waals surface area contributed by atoms with Gasteiger partial charge in [0.2, 0.25) is 5.89 Å². The van der Waals surface area contributed by atoms with Gasteiger partial charge in [-0.1, -0.05) is 11.2 Å². The van der Waals surface area contributed by atoms with Crippen molar-refractivity contribution in [1.29, 1.82) is 0 Å². The lowest BCUT2D eigenvalue weighted by Crippen LogP contribution is -2.35. The van der Waals surface area contributed by atoms with Crippen LogP contribution in [0.5, 0.6) is 0 Å². The first-order valence-electron chi connectivity index (χ1n) is 7.94. The number of benzene rings is 1. The summed E-state index contributed by atoms with van der Waals surface area (Å²) < 4.78 is 18.3. The van der Waals surface area contributed by atoms with Crippen molar-refractivity contribution in [3.63, 3.8) is 0 Å². The number of nitrogens with two attached hydrogens (primary N) is 1. The third-order valence-corrected chi connectivity index (χ3v) is 4.00. The van der Waals surface area contributed by atoms with Gasteiger partial charge in [-0.25, -0.2) is 4.39 Å². The summed E-state index contributed by atoms with van der Waals surface area (Å²) in [6, 6.07) is 5.81. The van der Waals surface area contributed by atoms with E-state index in [0.29, 0.717) is 43.5 Å². The summed E-state index contributed by atoms with van der Waals surface area (Å²) >= 11 is 0. The Kier molecular flexibility index (Phi) is 6.86. The van der Waals surface area contributed by atoms with Crippen LogP contribution in [0.3, 0.4) is 0 Å². The number of hydrogen-bond donors (Lipinski definition) is 1. The van der Waals surface area contributed by atoms with Gasteiger partial charge in [-0.2, -0.15) is 4.98 Å². The molecule has 0 atom stereocenters. The van der Waals surface area contributed by atoms with Crippen LogP contribution in [-0.2, 0) is 13.1 Å². The second-order valence-electron chi connectivity index (χ2n) is 5.74. The van der Waals surface area contributed by atoms with Gasteiger partial charge in [0.05, 0.1) is 13.1 Å². The van der Waals surface area contributed by atoms with Gasteiger partial charge in [0.1, 0.15) is 5.82 Å². The molecule has 1 aliphatic rings. The number of aromatic nitrogens is 2. The molecule has 25 heavy (non-hydrogen) atoms. The number of rotatable bonds is 4. The van der Waals surface area contributed by atoms with E-state index in [9.17, 15) is 9.18 Å². The first-order chi connectivity index (χ1) is 11.7. The minimum Gasteiger partial charge on any atom is -0.338 e. The molecule has 1 aliphatic heterocycles. The highest BCUT2D eigenvalue weighted by atomic mass is 35.5. The first kappa shape index (κ1) is 19.3. The van der Waals surface area contributed by atoms with Crippen LogP contribution < -0.4 is 5.73 Å². The van der Waals surface area contributed by atoms with E-state index >= 15 is 0 Å². The highest BCUT2D eigenvalue weighted by Gasteiger charge is 2.21. The van der Waals surface area contributed by atoms with E-state index in [2.05, 4.69) is 15.0 Å². The fourth-order valence-electron chi connectivity index (χ4n) is 2.77. The Morgan fingerprint density at radius 2 is 2.12 bits per heavy atom. The van der Waals surface area contributed by atoms with Crippen molar-refractivity contribution in [2.75, 3.05) is 26.2 Å². The van der Waals surface area contributed by atoms with Gasteiger partial charge in [-0.3, -0.25) is 9.69 Å². The quantitative estimate of drug-likeness (QED) is 0.877. The maximum atomic E-state index is 13.3. The van der Waals surface area contributed by atoms with E-state index in [4.69, 9.17) is 10.3 Å². The zero-order chi connectivity index (χ0) is 16.9. The third-order valence-electron chi connectivity index (χ3n) is 4.00. The van der Waals surface area contributed by atoms with Crippen molar-refractivity contribution in [3.8, 4) is 0 Å². The summed E-state index contributed by atoms with van der Waals surface area (Å²) in [7, 11) is 0. The summed E-state index contributed by atoms with van der Waals surface area (Å²) in [6.45, 7) is 3.55. The third kappa shape index (κ3) is 4.97. The molecule has 136 valence electrons. The Balaban J connectivity index is 0.00000225. The number of carbonyl (C=O) groups is 1. The molecule has 2 N–H and O–H groups in total. The normalized spacial score (nSPS) is 15.5. The van der Waals surface area contributed by atoms with Crippen LogP contribution in [0.25, 0.3) is 0 Å². The molecular weight excluding hydrogens is 349 g/mol. The van der Waals surface area contributed by atoms with Gasteiger partial charge in [0.25, 0.3) is 5.91 Å². The topological polar surface area (TPSA) is 88.5 Å². The van der Waals surface area contributed by atoms with E-state index in [1.807, 2.05) is 0 Å². The van der Waals surface area contributed by atoms with Crippen molar-refractivity contribution < 1.29 is 13.7 Å². The van der Waals surface area contributed by atoms with Gasteiger partial charge < -0.3 is 15.2 Å². The summed E-state index contributed by atoms with van der Waals surface area (Å²) in [6.07, 6.45) is 0.836. The van der Waals surface area contributed by atoms with Crippen molar-refractivity contribution in [3.05, 3.63) is 47.4 Å². The zero-order valence-corrected chi connectivity index (χ0v) is 14.5. The van der Waals surface area contributed by atoms with Gasteiger partial charge in [-0.05, 0) is 24.6 Å². The molecule has 2 heterocycles. The zero-order valence-electron chi connectivity index (χ0n) is 13.7. The van der Waals surface area contributed by atoms with Crippen LogP contribution >= 0.6 is 12.4 Å². The molecule has 0 unspecified atom stereocenters. The molecule has 0 bridgehead atoms. The molecule has 1 aromatic heterocycles. The second-order valence-corrected chi connectivity index (χ2v) is 5.74. The Hall–Kier alpha value is -2.03. The van der Waals surface area contributed by atoms with Crippen molar-refractivity contribution in [2.45, 2.75) is 19.5 Å². The van der Waals surface area contributed by atoms with E-state index in [1.54, 1.807) is 17.0 Å². The second kappa shape index (κ2) is 8.89. The summed E-state index contributed by atoms with van der Waals surface area (Å²) in [5.74, 6) is 0.481. The molecular formula is C16H21ClFN5O2. The van der Waals surface area contributed by atoms with Crippen LogP contribution in [-0.4, -0.2) is 52.0 Å². The van der Waals surface area contributed by atoms with Gasteiger partial charge >= 0.3 is 0 Å². The van der Waals surface area contributed by atoms with Crippen LogP contribution in [0.4, 0.5) is 4.39 Å². The average molecular weight is 370 g/mol. The van der Waals surface area contributed by atoms with Gasteiger partial charge in [0.15, 0.2) is 5.82 Å². The van der Waals surface area contributed by atoms with Gasteiger partial charge in [0, 0.05) is 31.7 Å². The molecule has 1 fully saturated rings. The molecule has 0 spiro atoms. The molecule has 1 aromatic carbocycles. The lowest BCUT2D eigenvalue weighted by Gasteiger charge is -2.21. The van der Waals surface area contributed by atoms with E-state index < -0.39 is 5.82 Å². The maximum absolute atomic E-state index is 13.3. The maximum Gasteiger partial charge on any atom is 0.254 e. The molecule has 0 radical (unpaired) electrons. The average Bonchev–Trinajstić information content (AvgIpc) is 2.91. The lowest BCUT2D eigenvalue weighted by molar-refractivity contribution is 0.0760. The summed E-state index contributed by atoms with van der Waals surface area (Å²) in [4.78, 5) is 20.6. The lowest BCUT2D eigenvalue weighted by atomic mass is 10.2. The van der Waals surface area contributed by atoms with Gasteiger partial charge in [-0.15, -0.1) is 12.4 Å². The highest BCUT2D eigenvalue weighted by molar-refractivity contribution is 5.94. The van der Waals surface area contributed by atoms with Crippen molar-refractivity contribution in [1.82, 2.24) is 19.9 Å². The molecule has 0 saturated carbocycles. The Labute approximate surface area is 151 Å². The van der Waals surface area contributed by atoms with E-state index in [1.165, 1.54) is 12.1 Å². The number of halogens is 2. The van der Waals surface area contributed by atoms with Crippen molar-refractivity contribution in [2.24, 2.45) is 5.73 Å². The van der Waals surface area contributed by atoms with Crippen molar-refractivity contribution >= 4 is 18.3 Å². The number of amides is 1. The fourth-order valence-corrected chi connectivity index (χ4v) is 2.77. The molecule has 1 saturated heterocycles. The number of nitrogens with zero attached hydrogens (tertiary/aromatic N) is 4. The monoisotopic (exact) mass is 369 g/mol. The van der Waals surface area contributed by atoms with E-state index in [-0.39, 0.29) is 24.9 Å². The SMILES string of the molecule is Cl.NCc1nc(CN2CCCN(C(=O)c3cccc(F)c3)CC2)no1. The Morgan fingerprint density at radius 3 is 2.84 bits per heavy atom. The largest absolute Gasteiger partial charge is 0.338 e. The van der Waals surface area contributed by atoms with E-state index in [0.717, 1.165) is 13.0 Å². The minimum atomic E-state index is -0.398. The molecule has 1 amide bonds. The smallest absolute Gasteiger partial charge is 0.254 e. The van der Waals surface area contributed by atoms with Crippen LogP contribution in [0, 0.1) is 5.82 Å². The highest BCUT2D eigenvalue weighted by Crippen LogP contribution is 2.12. The number of carbonyl (C=O) groups excluding carboxylic acids is 1. The molecule has 2 aromatic rings. The molecule has 9 heteroatoms. The van der Waals surface area contributed by atoms with Crippen LogP contribution in [0.2, 0.25) is 0 Å². The Bertz CT molecular complexity index is 711. The molecule has 3 rings (SSSR count). The fraction of sp³-hybridized carbons (Fsp3) is 0.438. The summed E-state index contributed by atoms with van der Waals surface area (Å²) in [5, 5.41) is 3.89. The minimum absolute atomic E-state index is 0. The standard InChI is InChI=1S/C16H20FN5O2.ClH/c17-13-4-1-3-12(9-13)16(23)22-6-2-5-21(7-8-22)11-14-19-15(10-18)24-20-14;/h1,3-4,9H,2,5-8,10-11,18H2;1H. The molecule has 0 aliphatic carbocycles.